The van der Waals surface area contributed by atoms with Gasteiger partial charge in [-0.1, -0.05) is 36.5 Å². The number of aryl methyl sites for hydroxylation is 1. The van der Waals surface area contributed by atoms with Gasteiger partial charge in [0.1, 0.15) is 6.07 Å². The number of carbonyl (C=O) groups is 1. The molecule has 0 amide bonds. The molecule has 2 aromatic rings. The van der Waals surface area contributed by atoms with Gasteiger partial charge >= 0.3 is 5.97 Å². The van der Waals surface area contributed by atoms with Crippen molar-refractivity contribution in [2.24, 2.45) is 0 Å². The van der Waals surface area contributed by atoms with Gasteiger partial charge < -0.3 is 9.72 Å². The standard InChI is InChI=1S/C16H16Cl2N2O2/c1-3-5-6-9-7-10-12(16(21)22-4-2)11(8-19)13(17)14(18)15(10)20-9/h7,20H,3-6H2,1-2H3. The minimum Gasteiger partial charge on any atom is -0.462 e. The van der Waals surface area contributed by atoms with Crippen LogP contribution in [0.3, 0.4) is 0 Å². The fourth-order valence-corrected chi connectivity index (χ4v) is 2.84. The Kier molecular flexibility index (Phi) is 5.33. The zero-order valence-corrected chi connectivity index (χ0v) is 13.9. The molecule has 0 bridgehead atoms. The minimum absolute atomic E-state index is 0.0543. The van der Waals surface area contributed by atoms with E-state index in [1.165, 1.54) is 0 Å². The van der Waals surface area contributed by atoms with Crippen LogP contribution >= 0.6 is 23.2 Å². The molecule has 0 aliphatic carbocycles. The number of nitriles is 1. The number of carbonyl (C=O) groups excluding carboxylic acids is 1. The van der Waals surface area contributed by atoms with E-state index < -0.39 is 5.97 Å². The quantitative estimate of drug-likeness (QED) is 0.791. The molecular formula is C16H16Cl2N2O2. The van der Waals surface area contributed by atoms with Crippen LogP contribution in [-0.2, 0) is 11.2 Å². The van der Waals surface area contributed by atoms with Crippen LogP contribution in [0.5, 0.6) is 0 Å². The second kappa shape index (κ2) is 7.04. The monoisotopic (exact) mass is 338 g/mol. The number of aromatic amines is 1. The Morgan fingerprint density at radius 3 is 2.68 bits per heavy atom. The first-order valence-electron chi connectivity index (χ1n) is 7.14. The Morgan fingerprint density at radius 2 is 2.09 bits per heavy atom. The van der Waals surface area contributed by atoms with Gasteiger partial charge in [0.05, 0.1) is 33.3 Å². The van der Waals surface area contributed by atoms with E-state index in [1.54, 1.807) is 6.92 Å². The fraction of sp³-hybridized carbons (Fsp3) is 0.375. The average molecular weight is 339 g/mol. The maximum atomic E-state index is 12.2. The first-order valence-corrected chi connectivity index (χ1v) is 7.90. The number of hydrogen-bond acceptors (Lipinski definition) is 3. The number of H-pyrrole nitrogens is 1. The normalized spacial score (nSPS) is 10.7. The highest BCUT2D eigenvalue weighted by Gasteiger charge is 2.24. The summed E-state index contributed by atoms with van der Waals surface area (Å²) in [4.78, 5) is 15.4. The van der Waals surface area contributed by atoms with E-state index in [-0.39, 0.29) is 27.8 Å². The topological polar surface area (TPSA) is 65.9 Å². The van der Waals surface area contributed by atoms with Gasteiger partial charge in [0.2, 0.25) is 0 Å². The number of unbranched alkanes of at least 4 members (excludes halogenated alkanes) is 1. The highest BCUT2D eigenvalue weighted by Crippen LogP contribution is 2.37. The smallest absolute Gasteiger partial charge is 0.340 e. The molecule has 22 heavy (non-hydrogen) atoms. The number of hydrogen-bond donors (Lipinski definition) is 1. The lowest BCUT2D eigenvalue weighted by molar-refractivity contribution is 0.0528. The molecular weight excluding hydrogens is 323 g/mol. The molecule has 1 aromatic heterocycles. The van der Waals surface area contributed by atoms with Crippen LogP contribution in [0.25, 0.3) is 10.9 Å². The third-order valence-corrected chi connectivity index (χ3v) is 4.27. The number of nitrogens with zero attached hydrogens (tertiary/aromatic N) is 1. The first kappa shape index (κ1) is 16.7. The number of nitrogens with one attached hydrogen (secondary N) is 1. The molecule has 0 aliphatic heterocycles. The van der Waals surface area contributed by atoms with Crippen LogP contribution in [0.15, 0.2) is 6.07 Å². The lowest BCUT2D eigenvalue weighted by atomic mass is 10.0. The molecule has 0 fully saturated rings. The van der Waals surface area contributed by atoms with Crippen LogP contribution in [0, 0.1) is 11.3 Å². The van der Waals surface area contributed by atoms with Crippen LogP contribution in [0.2, 0.25) is 10.0 Å². The van der Waals surface area contributed by atoms with E-state index in [0.29, 0.717) is 10.9 Å². The van der Waals surface area contributed by atoms with E-state index >= 15 is 0 Å². The molecule has 0 saturated heterocycles. The molecule has 1 aromatic carbocycles. The summed E-state index contributed by atoms with van der Waals surface area (Å²) in [6.45, 7) is 4.03. The van der Waals surface area contributed by atoms with Gasteiger partial charge in [0.15, 0.2) is 0 Å². The predicted molar refractivity (Wildman–Crippen MR) is 87.6 cm³/mol. The lowest BCUT2D eigenvalue weighted by Gasteiger charge is -2.09. The van der Waals surface area contributed by atoms with E-state index in [1.807, 2.05) is 12.1 Å². The van der Waals surface area contributed by atoms with Crippen LogP contribution in [-0.4, -0.2) is 17.6 Å². The summed E-state index contributed by atoms with van der Waals surface area (Å²) in [5.74, 6) is -0.566. The maximum Gasteiger partial charge on any atom is 0.340 e. The van der Waals surface area contributed by atoms with E-state index in [0.717, 1.165) is 25.0 Å². The molecule has 0 atom stereocenters. The largest absolute Gasteiger partial charge is 0.462 e. The summed E-state index contributed by atoms with van der Waals surface area (Å²) < 4.78 is 5.06. The number of ether oxygens (including phenoxy) is 1. The van der Waals surface area contributed by atoms with Crippen molar-refractivity contribution in [3.63, 3.8) is 0 Å². The molecule has 4 nitrogen and oxygen atoms in total. The summed E-state index contributed by atoms with van der Waals surface area (Å²) in [5, 5.41) is 10.2. The van der Waals surface area contributed by atoms with E-state index in [9.17, 15) is 10.1 Å². The molecule has 0 unspecified atom stereocenters. The van der Waals surface area contributed by atoms with Crippen LogP contribution in [0.4, 0.5) is 0 Å². The summed E-state index contributed by atoms with van der Waals surface area (Å²) in [7, 11) is 0. The Labute approximate surface area is 139 Å². The van der Waals surface area contributed by atoms with Gasteiger partial charge in [-0.3, -0.25) is 0 Å². The van der Waals surface area contributed by atoms with Crippen molar-refractivity contribution in [3.05, 3.63) is 32.9 Å². The number of rotatable bonds is 5. The number of fused-ring (bicyclic) bond motifs is 1. The zero-order chi connectivity index (χ0) is 16.3. The minimum atomic E-state index is -0.566. The summed E-state index contributed by atoms with van der Waals surface area (Å²) >= 11 is 12.4. The molecule has 1 N–H and O–H groups in total. The second-order valence-corrected chi connectivity index (χ2v) is 5.65. The van der Waals surface area contributed by atoms with Crippen molar-refractivity contribution in [1.82, 2.24) is 4.98 Å². The van der Waals surface area contributed by atoms with Gasteiger partial charge in [-0.2, -0.15) is 5.26 Å². The van der Waals surface area contributed by atoms with Crippen molar-refractivity contribution < 1.29 is 9.53 Å². The Morgan fingerprint density at radius 1 is 1.36 bits per heavy atom. The third kappa shape index (κ3) is 2.92. The van der Waals surface area contributed by atoms with Crippen molar-refractivity contribution in [2.75, 3.05) is 6.61 Å². The SMILES string of the molecule is CCCCc1cc2c(C(=O)OCC)c(C#N)c(Cl)c(Cl)c2[nH]1. The Balaban J connectivity index is 2.73. The molecule has 0 saturated carbocycles. The number of esters is 1. The van der Waals surface area contributed by atoms with Gasteiger partial charge in [-0.25, -0.2) is 4.79 Å². The Hall–Kier alpha value is -1.70. The Bertz CT molecular complexity index is 760. The van der Waals surface area contributed by atoms with Gasteiger partial charge in [0, 0.05) is 11.1 Å². The molecule has 1 heterocycles. The number of halogens is 2. The first-order chi connectivity index (χ1) is 10.5. The van der Waals surface area contributed by atoms with Gasteiger partial charge in [0.25, 0.3) is 0 Å². The molecule has 0 radical (unpaired) electrons. The number of benzene rings is 1. The van der Waals surface area contributed by atoms with Gasteiger partial charge in [-0.05, 0) is 25.8 Å². The van der Waals surface area contributed by atoms with E-state index in [2.05, 4.69) is 11.9 Å². The lowest BCUT2D eigenvalue weighted by Crippen LogP contribution is -2.08. The fourth-order valence-electron chi connectivity index (χ4n) is 2.37. The van der Waals surface area contributed by atoms with Gasteiger partial charge in [-0.15, -0.1) is 0 Å². The molecule has 2 rings (SSSR count). The predicted octanol–water partition coefficient (Wildman–Crippen LogP) is 4.87. The van der Waals surface area contributed by atoms with Crippen molar-refractivity contribution in [2.45, 2.75) is 33.1 Å². The van der Waals surface area contributed by atoms with Crippen LogP contribution in [0.1, 0.15) is 48.3 Å². The second-order valence-electron chi connectivity index (χ2n) is 4.90. The average Bonchev–Trinajstić information content (AvgIpc) is 2.92. The summed E-state index contributed by atoms with van der Waals surface area (Å²) in [6.07, 6.45) is 2.90. The van der Waals surface area contributed by atoms with Crippen molar-refractivity contribution in [1.29, 1.82) is 5.26 Å². The molecule has 6 heteroatoms. The van der Waals surface area contributed by atoms with E-state index in [4.69, 9.17) is 27.9 Å². The van der Waals surface area contributed by atoms with Crippen LogP contribution < -0.4 is 0 Å². The van der Waals surface area contributed by atoms with Crippen molar-refractivity contribution >= 4 is 40.1 Å². The number of aromatic nitrogens is 1. The molecule has 0 aliphatic rings. The highest BCUT2D eigenvalue weighted by atomic mass is 35.5. The third-order valence-electron chi connectivity index (χ3n) is 3.42. The maximum absolute atomic E-state index is 12.2. The molecule has 116 valence electrons. The van der Waals surface area contributed by atoms with Crippen molar-refractivity contribution in [3.8, 4) is 6.07 Å². The summed E-state index contributed by atoms with van der Waals surface area (Å²) in [6, 6.07) is 3.80. The highest BCUT2D eigenvalue weighted by molar-refractivity contribution is 6.46. The summed E-state index contributed by atoms with van der Waals surface area (Å²) in [5.41, 5.74) is 1.75. The zero-order valence-electron chi connectivity index (χ0n) is 12.4. The molecule has 0 spiro atoms.